The minimum atomic E-state index is -0.106. The Labute approximate surface area is 137 Å². The van der Waals surface area contributed by atoms with Crippen molar-refractivity contribution in [1.82, 2.24) is 4.98 Å². The summed E-state index contributed by atoms with van der Waals surface area (Å²) in [6, 6.07) is 8.56. The number of carbonyl (C=O) groups excluding carboxylic acids is 1. The second-order valence-electron chi connectivity index (χ2n) is 4.19. The Bertz CT molecular complexity index is 635. The van der Waals surface area contributed by atoms with Crippen LogP contribution in [0.4, 0.5) is 11.4 Å². The molecular weight excluding hydrogens is 329 g/mol. The van der Waals surface area contributed by atoms with Gasteiger partial charge in [0, 0.05) is 23.4 Å². The second kappa shape index (κ2) is 7.54. The molecule has 0 atom stereocenters. The fourth-order valence-corrected chi connectivity index (χ4v) is 2.64. The quantitative estimate of drug-likeness (QED) is 0.634. The van der Waals surface area contributed by atoms with E-state index in [4.69, 9.17) is 28.9 Å². The molecule has 0 spiro atoms. The van der Waals surface area contributed by atoms with E-state index < -0.39 is 0 Å². The summed E-state index contributed by atoms with van der Waals surface area (Å²) in [5.74, 6) is 0.513. The highest BCUT2D eigenvalue weighted by Crippen LogP contribution is 2.23. The summed E-state index contributed by atoms with van der Waals surface area (Å²) in [5.41, 5.74) is 6.79. The fourth-order valence-electron chi connectivity index (χ4n) is 1.56. The van der Waals surface area contributed by atoms with Crippen molar-refractivity contribution >= 4 is 52.2 Å². The molecule has 0 unspecified atom stereocenters. The van der Waals surface area contributed by atoms with Gasteiger partial charge in [-0.15, -0.1) is 11.8 Å². The molecule has 1 heterocycles. The highest BCUT2D eigenvalue weighted by atomic mass is 35.5. The van der Waals surface area contributed by atoms with Gasteiger partial charge in [-0.3, -0.25) is 4.79 Å². The molecule has 0 bridgehead atoms. The maximum Gasteiger partial charge on any atom is 0.225 e. The molecule has 0 aliphatic carbocycles. The average molecular weight is 342 g/mol. The van der Waals surface area contributed by atoms with E-state index in [-0.39, 0.29) is 5.91 Å². The van der Waals surface area contributed by atoms with Crippen LogP contribution >= 0.6 is 35.0 Å². The van der Waals surface area contributed by atoms with Crippen LogP contribution in [0.2, 0.25) is 10.0 Å². The van der Waals surface area contributed by atoms with Crippen molar-refractivity contribution in [3.63, 3.8) is 0 Å². The number of anilines is 2. The van der Waals surface area contributed by atoms with Crippen molar-refractivity contribution in [3.05, 3.63) is 46.6 Å². The number of hydrogen-bond acceptors (Lipinski definition) is 4. The summed E-state index contributed by atoms with van der Waals surface area (Å²) < 4.78 is 0. The van der Waals surface area contributed by atoms with Gasteiger partial charge in [-0.1, -0.05) is 23.2 Å². The molecule has 7 heteroatoms. The van der Waals surface area contributed by atoms with Crippen molar-refractivity contribution in [2.24, 2.45) is 0 Å². The van der Waals surface area contributed by atoms with Crippen molar-refractivity contribution in [2.45, 2.75) is 11.4 Å². The van der Waals surface area contributed by atoms with Gasteiger partial charge in [-0.2, -0.15) is 0 Å². The molecule has 0 saturated heterocycles. The van der Waals surface area contributed by atoms with Gasteiger partial charge >= 0.3 is 0 Å². The second-order valence-corrected chi connectivity index (χ2v) is 6.18. The lowest BCUT2D eigenvalue weighted by molar-refractivity contribution is -0.115. The monoisotopic (exact) mass is 341 g/mol. The molecule has 0 aliphatic heterocycles. The Morgan fingerprint density at radius 3 is 2.67 bits per heavy atom. The molecule has 0 radical (unpaired) electrons. The first-order chi connectivity index (χ1) is 10.0. The molecule has 0 aliphatic rings. The van der Waals surface area contributed by atoms with Crippen LogP contribution in [-0.2, 0) is 4.79 Å². The Hall–Kier alpha value is -1.43. The summed E-state index contributed by atoms with van der Waals surface area (Å²) in [6.07, 6.45) is 1.94. The zero-order valence-corrected chi connectivity index (χ0v) is 13.3. The van der Waals surface area contributed by atoms with E-state index in [0.29, 0.717) is 33.6 Å². The van der Waals surface area contributed by atoms with Crippen molar-refractivity contribution < 1.29 is 4.79 Å². The Morgan fingerprint density at radius 1 is 1.24 bits per heavy atom. The molecule has 1 amide bonds. The third kappa shape index (κ3) is 5.12. The van der Waals surface area contributed by atoms with Gasteiger partial charge in [0.15, 0.2) is 0 Å². The summed E-state index contributed by atoms with van der Waals surface area (Å²) in [6.45, 7) is 0. The summed E-state index contributed by atoms with van der Waals surface area (Å²) in [5, 5.41) is 4.72. The standard InChI is InChI=1S/C14H13Cl2N3OS/c15-9-1-3-12(11(17)7-9)19-13(20)5-6-21-14-4-2-10(16)8-18-14/h1-4,7-8H,5-6,17H2,(H,19,20). The minimum absolute atomic E-state index is 0.106. The third-order valence-corrected chi connectivity index (χ3v) is 3.97. The number of nitrogens with one attached hydrogen (secondary N) is 1. The lowest BCUT2D eigenvalue weighted by atomic mass is 10.2. The Kier molecular flexibility index (Phi) is 5.73. The van der Waals surface area contributed by atoms with Gasteiger partial charge in [0.2, 0.25) is 5.91 Å². The maximum absolute atomic E-state index is 11.8. The molecule has 0 fully saturated rings. The van der Waals surface area contributed by atoms with Crippen molar-refractivity contribution in [2.75, 3.05) is 16.8 Å². The molecule has 3 N–H and O–H groups in total. The number of amides is 1. The van der Waals surface area contributed by atoms with Crippen LogP contribution in [0.15, 0.2) is 41.6 Å². The zero-order chi connectivity index (χ0) is 15.2. The number of thioether (sulfide) groups is 1. The number of hydrogen-bond donors (Lipinski definition) is 2. The number of halogens is 2. The highest BCUT2D eigenvalue weighted by Gasteiger charge is 2.06. The van der Waals surface area contributed by atoms with Gasteiger partial charge in [0.1, 0.15) is 0 Å². The first kappa shape index (κ1) is 15.9. The van der Waals surface area contributed by atoms with Gasteiger partial charge in [-0.25, -0.2) is 4.98 Å². The van der Waals surface area contributed by atoms with E-state index in [2.05, 4.69) is 10.3 Å². The lowest BCUT2D eigenvalue weighted by Gasteiger charge is -2.08. The van der Waals surface area contributed by atoms with E-state index in [1.807, 2.05) is 6.07 Å². The van der Waals surface area contributed by atoms with Crippen LogP contribution in [-0.4, -0.2) is 16.6 Å². The van der Waals surface area contributed by atoms with E-state index in [1.54, 1.807) is 30.5 Å². The molecule has 1 aromatic heterocycles. The van der Waals surface area contributed by atoms with Crippen LogP contribution in [0.1, 0.15) is 6.42 Å². The molecular formula is C14H13Cl2N3OS. The summed E-state index contributed by atoms with van der Waals surface area (Å²) in [4.78, 5) is 16.0. The number of nitrogens with zero attached hydrogens (tertiary/aromatic N) is 1. The zero-order valence-electron chi connectivity index (χ0n) is 11.0. The van der Waals surface area contributed by atoms with E-state index >= 15 is 0 Å². The maximum atomic E-state index is 11.8. The summed E-state index contributed by atoms with van der Waals surface area (Å²) >= 11 is 13.1. The van der Waals surface area contributed by atoms with E-state index in [0.717, 1.165) is 5.03 Å². The highest BCUT2D eigenvalue weighted by molar-refractivity contribution is 7.99. The number of nitrogen functional groups attached to an aromatic ring is 1. The van der Waals surface area contributed by atoms with E-state index in [1.165, 1.54) is 11.8 Å². The Morgan fingerprint density at radius 2 is 2.00 bits per heavy atom. The van der Waals surface area contributed by atoms with Gasteiger partial charge < -0.3 is 11.1 Å². The van der Waals surface area contributed by atoms with Crippen LogP contribution in [0.25, 0.3) is 0 Å². The molecule has 21 heavy (non-hydrogen) atoms. The fraction of sp³-hybridized carbons (Fsp3) is 0.143. The summed E-state index contributed by atoms with van der Waals surface area (Å²) in [7, 11) is 0. The van der Waals surface area contributed by atoms with Crippen LogP contribution in [0.5, 0.6) is 0 Å². The van der Waals surface area contributed by atoms with Crippen molar-refractivity contribution in [1.29, 1.82) is 0 Å². The molecule has 110 valence electrons. The molecule has 2 aromatic rings. The Balaban J connectivity index is 1.81. The SMILES string of the molecule is Nc1cc(Cl)ccc1NC(=O)CCSc1ccc(Cl)cn1. The number of nitrogens with two attached hydrogens (primary N) is 1. The number of carbonyl (C=O) groups is 1. The number of rotatable bonds is 5. The lowest BCUT2D eigenvalue weighted by Crippen LogP contribution is -2.13. The van der Waals surface area contributed by atoms with Crippen LogP contribution in [0, 0.1) is 0 Å². The normalized spacial score (nSPS) is 10.4. The number of aromatic nitrogens is 1. The van der Waals surface area contributed by atoms with Gasteiger partial charge in [0.05, 0.1) is 21.4 Å². The van der Waals surface area contributed by atoms with Gasteiger partial charge in [0.25, 0.3) is 0 Å². The van der Waals surface area contributed by atoms with Crippen LogP contribution < -0.4 is 11.1 Å². The first-order valence-electron chi connectivity index (χ1n) is 6.14. The minimum Gasteiger partial charge on any atom is -0.397 e. The topological polar surface area (TPSA) is 68.0 Å². The molecule has 0 saturated carbocycles. The smallest absolute Gasteiger partial charge is 0.225 e. The predicted octanol–water partition coefficient (Wildman–Crippen LogP) is 4.09. The van der Waals surface area contributed by atoms with Gasteiger partial charge in [-0.05, 0) is 30.3 Å². The van der Waals surface area contributed by atoms with E-state index in [9.17, 15) is 4.79 Å². The molecule has 1 aromatic carbocycles. The van der Waals surface area contributed by atoms with Crippen molar-refractivity contribution in [3.8, 4) is 0 Å². The molecule has 4 nitrogen and oxygen atoms in total. The predicted molar refractivity (Wildman–Crippen MR) is 89.1 cm³/mol. The number of benzene rings is 1. The molecule has 2 rings (SSSR count). The first-order valence-corrected chi connectivity index (χ1v) is 7.88. The number of pyridine rings is 1. The largest absolute Gasteiger partial charge is 0.397 e. The average Bonchev–Trinajstić information content (AvgIpc) is 2.44. The third-order valence-electron chi connectivity index (χ3n) is 2.57. The van der Waals surface area contributed by atoms with Crippen LogP contribution in [0.3, 0.4) is 0 Å².